The van der Waals surface area contributed by atoms with Crippen LogP contribution in [0.5, 0.6) is 0 Å². The van der Waals surface area contributed by atoms with E-state index in [0.29, 0.717) is 16.7 Å². The molecular formula is C25H21NO5. The zero-order chi connectivity index (χ0) is 22.4. The predicted molar refractivity (Wildman–Crippen MR) is 118 cm³/mol. The van der Waals surface area contributed by atoms with Gasteiger partial charge in [-0.1, -0.05) is 59.7 Å². The summed E-state index contributed by atoms with van der Waals surface area (Å²) >= 11 is 0. The number of benzene rings is 3. The van der Waals surface area contributed by atoms with E-state index in [1.165, 1.54) is 36.4 Å². The number of hydrogen-bond acceptors (Lipinski definition) is 5. The van der Waals surface area contributed by atoms with Crippen molar-refractivity contribution in [1.82, 2.24) is 0 Å². The summed E-state index contributed by atoms with van der Waals surface area (Å²) in [7, 11) is 0. The van der Waals surface area contributed by atoms with E-state index in [2.05, 4.69) is 0 Å². The Bertz CT molecular complexity index is 1110. The Morgan fingerprint density at radius 1 is 0.871 bits per heavy atom. The second-order valence-corrected chi connectivity index (χ2v) is 7.14. The molecule has 0 aromatic heterocycles. The number of carbonyl (C=O) groups is 2. The summed E-state index contributed by atoms with van der Waals surface area (Å²) in [6, 6.07) is 20.1. The van der Waals surface area contributed by atoms with Crippen LogP contribution in [0.4, 0.5) is 5.69 Å². The number of nitro benzene ring substituents is 1. The Labute approximate surface area is 180 Å². The molecule has 0 heterocycles. The molecule has 0 bridgehead atoms. The Morgan fingerprint density at radius 3 is 1.97 bits per heavy atom. The van der Waals surface area contributed by atoms with Gasteiger partial charge in [0.15, 0.2) is 6.10 Å². The van der Waals surface area contributed by atoms with Crippen LogP contribution in [0.3, 0.4) is 0 Å². The topological polar surface area (TPSA) is 86.5 Å². The van der Waals surface area contributed by atoms with Crippen LogP contribution < -0.4 is 0 Å². The number of ketones is 1. The number of ether oxygens (including phenoxy) is 1. The molecule has 3 rings (SSSR count). The maximum atomic E-state index is 13.1. The maximum absolute atomic E-state index is 13.1. The zero-order valence-electron chi connectivity index (χ0n) is 17.1. The third-order valence-corrected chi connectivity index (χ3v) is 4.70. The molecule has 0 saturated heterocycles. The van der Waals surface area contributed by atoms with Gasteiger partial charge in [0.05, 0.1) is 4.92 Å². The van der Waals surface area contributed by atoms with Crippen molar-refractivity contribution in [3.8, 4) is 0 Å². The molecule has 0 unspecified atom stereocenters. The molecular weight excluding hydrogens is 394 g/mol. The Hall–Kier alpha value is -4.06. The van der Waals surface area contributed by atoms with E-state index in [1.807, 2.05) is 38.1 Å². The maximum Gasteiger partial charge on any atom is 0.331 e. The minimum absolute atomic E-state index is 0.0390. The van der Waals surface area contributed by atoms with Crippen LogP contribution in [-0.2, 0) is 9.53 Å². The highest BCUT2D eigenvalue weighted by Crippen LogP contribution is 2.24. The van der Waals surface area contributed by atoms with Gasteiger partial charge in [0.2, 0.25) is 5.78 Å². The molecule has 0 saturated carbocycles. The first-order valence-electron chi connectivity index (χ1n) is 9.64. The molecule has 156 valence electrons. The fraction of sp³-hybridized carbons (Fsp3) is 0.120. The molecule has 0 aliphatic carbocycles. The summed E-state index contributed by atoms with van der Waals surface area (Å²) in [5, 5.41) is 10.7. The second-order valence-electron chi connectivity index (χ2n) is 7.14. The molecule has 0 aliphatic heterocycles. The van der Waals surface area contributed by atoms with E-state index in [1.54, 1.807) is 24.3 Å². The minimum Gasteiger partial charge on any atom is -0.446 e. The summed E-state index contributed by atoms with van der Waals surface area (Å²) in [6.45, 7) is 3.86. The van der Waals surface area contributed by atoms with Crippen LogP contribution in [0.25, 0.3) is 6.08 Å². The summed E-state index contributed by atoms with van der Waals surface area (Å²) in [5.74, 6) is -1.01. The van der Waals surface area contributed by atoms with Crippen molar-refractivity contribution in [3.63, 3.8) is 0 Å². The fourth-order valence-corrected chi connectivity index (χ4v) is 2.91. The lowest BCUT2D eigenvalue weighted by atomic mass is 9.98. The van der Waals surface area contributed by atoms with Crippen LogP contribution in [-0.4, -0.2) is 16.7 Å². The summed E-state index contributed by atoms with van der Waals surface area (Å²) in [5.41, 5.74) is 3.62. The van der Waals surface area contributed by atoms with Gasteiger partial charge in [-0.2, -0.15) is 0 Å². The molecule has 3 aromatic carbocycles. The first-order valence-corrected chi connectivity index (χ1v) is 9.64. The first-order chi connectivity index (χ1) is 14.8. The lowest BCUT2D eigenvalue weighted by Gasteiger charge is -2.17. The van der Waals surface area contributed by atoms with E-state index >= 15 is 0 Å². The van der Waals surface area contributed by atoms with Crippen molar-refractivity contribution in [3.05, 3.63) is 117 Å². The standard InChI is InChI=1S/C25H21NO5/c1-17-3-10-20(11-4-17)24(28)25(21-12-5-18(2)6-13-21)31-23(27)16-9-19-7-14-22(15-8-19)26(29)30/h3-16,25H,1-2H3/b16-9+/t25-/m0/s1. The number of Topliss-reactive ketones (excluding diaryl/α,β-unsaturated/α-hetero) is 1. The molecule has 3 aromatic rings. The van der Waals surface area contributed by atoms with E-state index < -0.39 is 17.0 Å². The van der Waals surface area contributed by atoms with Crippen LogP contribution in [0.15, 0.2) is 78.9 Å². The molecule has 1 atom stereocenters. The highest BCUT2D eigenvalue weighted by molar-refractivity contribution is 6.01. The molecule has 6 nitrogen and oxygen atoms in total. The summed E-state index contributed by atoms with van der Waals surface area (Å²) < 4.78 is 5.52. The monoisotopic (exact) mass is 415 g/mol. The van der Waals surface area contributed by atoms with Crippen molar-refractivity contribution in [2.45, 2.75) is 20.0 Å². The van der Waals surface area contributed by atoms with Crippen molar-refractivity contribution < 1.29 is 19.2 Å². The Kier molecular flexibility index (Phi) is 6.72. The second kappa shape index (κ2) is 9.63. The molecule has 31 heavy (non-hydrogen) atoms. The number of nitrogens with zero attached hydrogens (tertiary/aromatic N) is 1. The lowest BCUT2D eigenvalue weighted by Crippen LogP contribution is -2.19. The quantitative estimate of drug-likeness (QED) is 0.170. The highest BCUT2D eigenvalue weighted by Gasteiger charge is 2.25. The van der Waals surface area contributed by atoms with Gasteiger partial charge in [0.1, 0.15) is 0 Å². The first kappa shape index (κ1) is 21.6. The molecule has 6 heteroatoms. The van der Waals surface area contributed by atoms with Crippen molar-refractivity contribution in [2.75, 3.05) is 0 Å². The van der Waals surface area contributed by atoms with Crippen LogP contribution >= 0.6 is 0 Å². The third kappa shape index (κ3) is 5.73. The lowest BCUT2D eigenvalue weighted by molar-refractivity contribution is -0.384. The van der Waals surface area contributed by atoms with Gasteiger partial charge in [-0.15, -0.1) is 0 Å². The predicted octanol–water partition coefficient (Wildman–Crippen LogP) is 5.39. The Balaban J connectivity index is 1.81. The normalized spacial score (nSPS) is 11.8. The number of esters is 1. The SMILES string of the molecule is Cc1ccc(C(=O)[C@@H](OC(=O)/C=C/c2ccc([N+](=O)[O-])cc2)c2ccc(C)cc2)cc1. The van der Waals surface area contributed by atoms with E-state index in [-0.39, 0.29) is 11.5 Å². The van der Waals surface area contributed by atoms with Crippen molar-refractivity contribution in [2.24, 2.45) is 0 Å². The molecule has 0 amide bonds. The van der Waals surface area contributed by atoms with Crippen LogP contribution in [0.1, 0.15) is 38.7 Å². The zero-order valence-corrected chi connectivity index (χ0v) is 17.1. The average molecular weight is 415 g/mol. The summed E-state index contributed by atoms with van der Waals surface area (Å²) in [4.78, 5) is 35.8. The Morgan fingerprint density at radius 2 is 1.42 bits per heavy atom. The van der Waals surface area contributed by atoms with Gasteiger partial charge in [0, 0.05) is 29.3 Å². The number of carbonyl (C=O) groups excluding carboxylic acids is 2. The van der Waals surface area contributed by atoms with Gasteiger partial charge >= 0.3 is 5.97 Å². The van der Waals surface area contributed by atoms with Crippen LogP contribution in [0.2, 0.25) is 0 Å². The number of nitro groups is 1. The smallest absolute Gasteiger partial charge is 0.331 e. The van der Waals surface area contributed by atoms with Crippen molar-refractivity contribution in [1.29, 1.82) is 0 Å². The molecule has 0 spiro atoms. The van der Waals surface area contributed by atoms with Crippen LogP contribution in [0, 0.1) is 24.0 Å². The largest absolute Gasteiger partial charge is 0.446 e. The van der Waals surface area contributed by atoms with Crippen molar-refractivity contribution >= 4 is 23.5 Å². The fourth-order valence-electron chi connectivity index (χ4n) is 2.91. The molecule has 0 fully saturated rings. The number of aryl methyl sites for hydroxylation is 2. The molecule has 0 N–H and O–H groups in total. The average Bonchev–Trinajstić information content (AvgIpc) is 2.77. The number of hydrogen-bond donors (Lipinski definition) is 0. The summed E-state index contributed by atoms with van der Waals surface area (Å²) in [6.07, 6.45) is 1.59. The number of rotatable bonds is 7. The van der Waals surface area contributed by atoms with Gasteiger partial charge in [-0.3, -0.25) is 14.9 Å². The number of non-ortho nitro benzene ring substituents is 1. The van der Waals surface area contributed by atoms with Gasteiger partial charge in [-0.05, 0) is 37.6 Å². The highest BCUT2D eigenvalue weighted by atomic mass is 16.6. The minimum atomic E-state index is -1.09. The van der Waals surface area contributed by atoms with Gasteiger partial charge < -0.3 is 4.74 Å². The molecule has 0 aliphatic rings. The van der Waals surface area contributed by atoms with Gasteiger partial charge in [0.25, 0.3) is 5.69 Å². The molecule has 0 radical (unpaired) electrons. The third-order valence-electron chi connectivity index (χ3n) is 4.70. The van der Waals surface area contributed by atoms with E-state index in [0.717, 1.165) is 11.1 Å². The van der Waals surface area contributed by atoms with Gasteiger partial charge in [-0.25, -0.2) is 4.79 Å². The van der Waals surface area contributed by atoms with E-state index in [4.69, 9.17) is 4.74 Å². The van der Waals surface area contributed by atoms with E-state index in [9.17, 15) is 19.7 Å².